The van der Waals surface area contributed by atoms with Crippen molar-refractivity contribution in [3.63, 3.8) is 0 Å². The molecule has 0 unspecified atom stereocenters. The molecule has 6 amide bonds. The van der Waals surface area contributed by atoms with Gasteiger partial charge in [0.15, 0.2) is 0 Å². The number of nitrogens with one attached hydrogen (secondary N) is 5. The number of fused-ring (bicyclic) bond motifs is 3. The lowest BCUT2D eigenvalue weighted by Gasteiger charge is -2.41. The summed E-state index contributed by atoms with van der Waals surface area (Å²) in [6.07, 6.45) is 5.43. The highest BCUT2D eigenvalue weighted by atomic mass is 32.2. The van der Waals surface area contributed by atoms with Crippen LogP contribution in [0.25, 0.3) is 21.8 Å². The molecule has 3 atom stereocenters. The topological polar surface area (TPSA) is 303 Å². The maximum Gasteiger partial charge on any atom is 0.421 e. The third kappa shape index (κ3) is 16.7. The van der Waals surface area contributed by atoms with Crippen LogP contribution in [0.2, 0.25) is 0 Å². The summed E-state index contributed by atoms with van der Waals surface area (Å²) in [5, 5.41) is 6.96. The first-order chi connectivity index (χ1) is 45.3. The van der Waals surface area contributed by atoms with Crippen molar-refractivity contribution < 1.29 is 80.8 Å². The number of aryl methyl sites for hydroxylation is 1. The monoisotopic (exact) mass is 1370 g/mol. The number of nitrogens with zero attached hydrogens (tertiary/aromatic N) is 5. The number of rotatable bonds is 17. The average Bonchev–Trinajstić information content (AvgIpc) is 1.74. The molecule has 8 aromatic rings. The number of halogens is 2. The molecule has 514 valence electrons. The number of piperazine rings is 1. The van der Waals surface area contributed by atoms with Crippen LogP contribution in [-0.2, 0) is 65.1 Å². The lowest BCUT2D eigenvalue weighted by atomic mass is 9.85. The quantitative estimate of drug-likeness (QED) is 0.0566. The van der Waals surface area contributed by atoms with E-state index in [1.165, 1.54) is 72.8 Å². The van der Waals surface area contributed by atoms with Gasteiger partial charge in [-0.1, -0.05) is 30.7 Å². The van der Waals surface area contributed by atoms with Crippen LogP contribution in [-0.4, -0.2) is 128 Å². The van der Waals surface area contributed by atoms with Gasteiger partial charge in [-0.05, 0) is 186 Å². The zero-order valence-corrected chi connectivity index (χ0v) is 55.0. The standard InChI is InChI=1S/C25H31FN4O5S.C22H22FN3O4S.C19H19N3O5S.6H2/c1-3-35-25(32)27-36(33,34)22-9-7-21(8-10-22)28-13-15-29(16-14-28)24(31)18(2)30-12-4-5-19-17-20(26)6-11-23(19)30;1-14(26-13-12-18-19(23)6-3-7-20(18)26)21(27)24-16-8-10-17(11-9-16)31(29,30)25-22(28)15-4-2-5-15;1-13(22-12-11-14-5-3-4-6-17(14)22)18(23)20-15-7-9-16(10-8-15)28(25,26)21-19(24)27-2;;;;;;/h6-11,17-18H,3-5,12-16H2,1-2H3,(H,27,32);3,6-15H,2,4-5H2,1H3,(H,24,27)(H,25,28);3-13H,1-2H3,(H,20,23)(H,21,24);6*1H/t18-;14-;13-;;;;;;/m111....../s1. The minimum absolute atomic E-state index is 0. The first-order valence-electron chi connectivity index (χ1n) is 30.5. The van der Waals surface area contributed by atoms with Gasteiger partial charge < -0.3 is 43.9 Å². The van der Waals surface area contributed by atoms with Crippen LogP contribution in [0.4, 0.5) is 41.1 Å². The number of para-hydroxylation sites is 1. The maximum atomic E-state index is 13.9. The molecule has 4 heterocycles. The van der Waals surface area contributed by atoms with E-state index < -0.39 is 60.2 Å². The van der Waals surface area contributed by atoms with E-state index in [9.17, 15) is 62.8 Å². The number of anilines is 4. The van der Waals surface area contributed by atoms with Crippen molar-refractivity contribution in [1.29, 1.82) is 0 Å². The molecule has 0 radical (unpaired) electrons. The van der Waals surface area contributed by atoms with E-state index in [1.807, 2.05) is 57.6 Å². The molecule has 6 aromatic carbocycles. The zero-order chi connectivity index (χ0) is 68.4. The smallest absolute Gasteiger partial charge is 0.421 e. The predicted octanol–water partition coefficient (Wildman–Crippen LogP) is 10.7. The molecular formula is C66H84F2N10O14S3. The molecule has 1 saturated heterocycles. The molecule has 95 heavy (non-hydrogen) atoms. The highest BCUT2D eigenvalue weighted by Gasteiger charge is 2.33. The van der Waals surface area contributed by atoms with Gasteiger partial charge in [-0.3, -0.25) is 19.2 Å². The molecule has 1 aliphatic carbocycles. The predicted molar refractivity (Wildman–Crippen MR) is 366 cm³/mol. The van der Waals surface area contributed by atoms with Gasteiger partial charge >= 0.3 is 12.2 Å². The van der Waals surface area contributed by atoms with Crippen LogP contribution >= 0.6 is 0 Å². The number of amides is 6. The molecule has 29 heteroatoms. The Labute approximate surface area is 557 Å². The summed E-state index contributed by atoms with van der Waals surface area (Å²) < 4.78 is 119. The van der Waals surface area contributed by atoms with Crippen molar-refractivity contribution in [2.24, 2.45) is 5.92 Å². The molecular weight excluding hydrogens is 1290 g/mol. The van der Waals surface area contributed by atoms with Gasteiger partial charge in [-0.2, -0.15) is 0 Å². The minimum atomic E-state index is -4.03. The number of carbonyl (C=O) groups excluding carboxylic acids is 6. The summed E-state index contributed by atoms with van der Waals surface area (Å²) >= 11 is 0. The van der Waals surface area contributed by atoms with E-state index in [4.69, 9.17) is 0 Å². The fourth-order valence-corrected chi connectivity index (χ4v) is 13.9. The summed E-state index contributed by atoms with van der Waals surface area (Å²) in [5.74, 6) is -1.88. The molecule has 3 aliphatic rings. The van der Waals surface area contributed by atoms with Gasteiger partial charge in [-0.15, -0.1) is 0 Å². The van der Waals surface area contributed by atoms with Crippen LogP contribution < -0.4 is 34.6 Å². The zero-order valence-electron chi connectivity index (χ0n) is 52.5. The van der Waals surface area contributed by atoms with Crippen molar-refractivity contribution in [2.75, 3.05) is 66.9 Å². The van der Waals surface area contributed by atoms with Crippen molar-refractivity contribution in [3.8, 4) is 0 Å². The Morgan fingerprint density at radius 1 is 0.579 bits per heavy atom. The highest BCUT2D eigenvalue weighted by Crippen LogP contribution is 2.32. The second-order valence-electron chi connectivity index (χ2n) is 22.6. The number of hydrogen-bond donors (Lipinski definition) is 5. The van der Waals surface area contributed by atoms with Crippen LogP contribution in [0.1, 0.15) is 79.6 Å². The Balaban J connectivity index is 0.000000385. The van der Waals surface area contributed by atoms with Crippen molar-refractivity contribution in [2.45, 2.75) is 92.6 Å². The third-order valence-corrected chi connectivity index (χ3v) is 20.5. The van der Waals surface area contributed by atoms with Gasteiger partial charge in [0.1, 0.15) is 29.8 Å². The SMILES string of the molecule is CCOC(=O)NS(=O)(=O)c1ccc(N2CCN(C(=O)[C@@H](C)N3CCCc4cc(F)ccc43)CC2)cc1.COC(=O)NS(=O)(=O)c1ccc(NC(=O)[C@@H](C)n2ccc3ccccc32)cc1.C[C@H](C(=O)Nc1ccc(S(=O)(=O)NC(=O)C2CCC2)cc1)n1ccc2c(F)cccc21.[HH].[HH].[HH].[HH].[HH].[HH]. The molecule has 24 nitrogen and oxygen atoms in total. The Bertz CT molecular complexity index is 4520. The van der Waals surface area contributed by atoms with Gasteiger partial charge in [0.25, 0.3) is 30.1 Å². The second-order valence-corrected chi connectivity index (χ2v) is 27.7. The Kier molecular flexibility index (Phi) is 22.0. The van der Waals surface area contributed by atoms with Crippen molar-refractivity contribution >= 4 is 110 Å². The van der Waals surface area contributed by atoms with Crippen LogP contribution in [0.15, 0.2) is 173 Å². The van der Waals surface area contributed by atoms with E-state index in [-0.39, 0.29) is 71.2 Å². The van der Waals surface area contributed by atoms with E-state index in [0.29, 0.717) is 61.3 Å². The van der Waals surface area contributed by atoms with Gasteiger partial charge in [-0.25, -0.2) is 57.8 Å². The number of carbonyl (C=O) groups is 6. The van der Waals surface area contributed by atoms with Gasteiger partial charge in [0.2, 0.25) is 23.6 Å². The fraction of sp³-hybridized carbons (Fsp3) is 0.303. The Morgan fingerprint density at radius 2 is 1.12 bits per heavy atom. The molecule has 1 saturated carbocycles. The summed E-state index contributed by atoms with van der Waals surface area (Å²) in [7, 11) is -10.9. The Hall–Kier alpha value is -9.87. The summed E-state index contributed by atoms with van der Waals surface area (Å²) in [4.78, 5) is 78.9. The van der Waals surface area contributed by atoms with Crippen LogP contribution in [0.5, 0.6) is 0 Å². The van der Waals surface area contributed by atoms with Crippen LogP contribution in [0.3, 0.4) is 0 Å². The van der Waals surface area contributed by atoms with Gasteiger partial charge in [0.05, 0.1) is 33.9 Å². The molecule has 2 aliphatic heterocycles. The molecule has 2 aromatic heterocycles. The van der Waals surface area contributed by atoms with Crippen molar-refractivity contribution in [1.82, 2.24) is 28.2 Å². The minimum Gasteiger partial charge on any atom is -0.452 e. The lowest BCUT2D eigenvalue weighted by molar-refractivity contribution is -0.132. The average molecular weight is 1380 g/mol. The number of ether oxygens (including phenoxy) is 2. The highest BCUT2D eigenvalue weighted by molar-refractivity contribution is 7.90. The lowest BCUT2D eigenvalue weighted by Crippen LogP contribution is -2.55. The molecule has 0 bridgehead atoms. The molecule has 0 spiro atoms. The van der Waals surface area contributed by atoms with Crippen LogP contribution in [0, 0.1) is 17.6 Å². The maximum absolute atomic E-state index is 13.9. The second kappa shape index (κ2) is 30.0. The van der Waals surface area contributed by atoms with E-state index in [1.54, 1.807) is 78.7 Å². The third-order valence-electron chi connectivity index (χ3n) is 16.5. The first-order valence-corrected chi connectivity index (χ1v) is 34.9. The molecule has 5 N–H and O–H groups in total. The number of hydrogen-bond acceptors (Lipinski definition) is 16. The number of benzene rings is 6. The van der Waals surface area contributed by atoms with E-state index >= 15 is 0 Å². The number of sulfonamides is 3. The molecule has 11 rings (SSSR count). The number of methoxy groups -OCH3 is 1. The largest absolute Gasteiger partial charge is 0.452 e. The van der Waals surface area contributed by atoms with Gasteiger partial charge in [0, 0.05) is 93.2 Å². The first kappa shape index (κ1) is 69.5. The van der Waals surface area contributed by atoms with E-state index in [2.05, 4.69) is 34.6 Å². The fourth-order valence-electron chi connectivity index (χ4n) is 11.0. The molecule has 2 fully saturated rings. The normalized spacial score (nSPS) is 15.0. The summed E-state index contributed by atoms with van der Waals surface area (Å²) in [6, 6.07) is 36.6. The summed E-state index contributed by atoms with van der Waals surface area (Å²) in [6.45, 7) is 10.1. The van der Waals surface area contributed by atoms with Crippen molar-refractivity contribution in [3.05, 3.63) is 175 Å². The number of aromatic nitrogens is 2. The van der Waals surface area contributed by atoms with E-state index in [0.717, 1.165) is 60.8 Å². The Morgan fingerprint density at radius 3 is 1.68 bits per heavy atom. The summed E-state index contributed by atoms with van der Waals surface area (Å²) in [5.41, 5.74) is 5.08.